The minimum absolute atomic E-state index is 0.0218. The molecule has 3 aromatic rings. The molecule has 0 saturated carbocycles. The van der Waals surface area contributed by atoms with Crippen molar-refractivity contribution in [3.8, 4) is 34.3 Å². The van der Waals surface area contributed by atoms with Crippen molar-refractivity contribution in [3.05, 3.63) is 48.0 Å². The molecule has 0 radical (unpaired) electrons. The normalized spacial score (nSPS) is 13.4. The third-order valence-corrected chi connectivity index (χ3v) is 5.14. The molecular formula is C26H29F3N2O5. The van der Waals surface area contributed by atoms with Crippen molar-refractivity contribution >= 4 is 5.97 Å². The van der Waals surface area contributed by atoms with E-state index in [0.717, 1.165) is 6.07 Å². The lowest BCUT2D eigenvalue weighted by Gasteiger charge is -2.18. The molecule has 3 rings (SSSR count). The van der Waals surface area contributed by atoms with Crippen LogP contribution in [0.1, 0.15) is 46.6 Å². The molecule has 0 amide bonds. The van der Waals surface area contributed by atoms with Crippen LogP contribution in [0.2, 0.25) is 0 Å². The average Bonchev–Trinajstić information content (AvgIpc) is 3.29. The van der Waals surface area contributed by atoms with Crippen LogP contribution in [0.15, 0.2) is 47.0 Å². The first-order chi connectivity index (χ1) is 17.0. The highest BCUT2D eigenvalue weighted by molar-refractivity contribution is 5.72. The summed E-state index contributed by atoms with van der Waals surface area (Å²) < 4.78 is 62.1. The Morgan fingerprint density at radius 1 is 1.00 bits per heavy atom. The Morgan fingerprint density at radius 2 is 1.67 bits per heavy atom. The van der Waals surface area contributed by atoms with Crippen LogP contribution in [0.25, 0.3) is 22.8 Å². The number of alkyl halides is 3. The SMILES string of the molecule is CCOC(=O)C(C)CC(C)Oc1ccc(-c2nc(-c3ccc(OC(C)C)c(C(F)(F)F)c3)no2)cc1. The molecule has 0 spiro atoms. The van der Waals surface area contributed by atoms with E-state index in [-0.39, 0.29) is 41.0 Å². The van der Waals surface area contributed by atoms with E-state index in [2.05, 4.69) is 10.1 Å². The Bertz CT molecular complexity index is 1160. The Kier molecular flexibility index (Phi) is 8.60. The van der Waals surface area contributed by atoms with Gasteiger partial charge in [-0.05, 0) is 76.6 Å². The molecule has 1 aromatic heterocycles. The third kappa shape index (κ3) is 6.99. The van der Waals surface area contributed by atoms with Gasteiger partial charge in [0.15, 0.2) is 0 Å². The second kappa shape index (κ2) is 11.5. The summed E-state index contributed by atoms with van der Waals surface area (Å²) in [6.07, 6.45) is -4.75. The summed E-state index contributed by atoms with van der Waals surface area (Å²) in [4.78, 5) is 16.1. The number of esters is 1. The zero-order valence-corrected chi connectivity index (χ0v) is 20.8. The number of aromatic nitrogens is 2. The lowest BCUT2D eigenvalue weighted by atomic mass is 10.0. The first-order valence-electron chi connectivity index (χ1n) is 11.6. The molecule has 1 heterocycles. The number of benzene rings is 2. The lowest BCUT2D eigenvalue weighted by molar-refractivity contribution is -0.148. The zero-order chi connectivity index (χ0) is 26.5. The highest BCUT2D eigenvalue weighted by atomic mass is 19.4. The standard InChI is InChI=1S/C26H29F3N2O5/c1-6-33-25(32)16(4)13-17(5)35-20-10-7-18(8-11-20)24-30-23(31-36-24)19-9-12-22(34-15(2)3)21(14-19)26(27,28)29/h7-12,14-17H,6,13H2,1-5H3. The average molecular weight is 507 g/mol. The maximum absolute atomic E-state index is 13.6. The Morgan fingerprint density at radius 3 is 2.28 bits per heavy atom. The van der Waals surface area contributed by atoms with Gasteiger partial charge in [0.05, 0.1) is 30.3 Å². The number of rotatable bonds is 10. The fourth-order valence-electron chi connectivity index (χ4n) is 3.54. The fourth-order valence-corrected chi connectivity index (χ4v) is 3.54. The molecule has 194 valence electrons. The second-order valence-electron chi connectivity index (χ2n) is 8.64. The van der Waals surface area contributed by atoms with Crippen molar-refractivity contribution in [1.82, 2.24) is 10.1 Å². The molecule has 2 atom stereocenters. The van der Waals surface area contributed by atoms with Gasteiger partial charge in [-0.25, -0.2) is 0 Å². The van der Waals surface area contributed by atoms with E-state index < -0.39 is 17.8 Å². The Hall–Kier alpha value is -3.56. The van der Waals surface area contributed by atoms with Crippen LogP contribution in [0.4, 0.5) is 13.2 Å². The van der Waals surface area contributed by atoms with E-state index in [4.69, 9.17) is 18.7 Å². The van der Waals surface area contributed by atoms with Gasteiger partial charge in [-0.2, -0.15) is 18.2 Å². The smallest absolute Gasteiger partial charge is 0.419 e. The van der Waals surface area contributed by atoms with Crippen LogP contribution < -0.4 is 9.47 Å². The number of ether oxygens (including phenoxy) is 3. The predicted octanol–water partition coefficient (Wildman–Crippen LogP) is 6.57. The number of nitrogens with zero attached hydrogens (tertiary/aromatic N) is 2. The first kappa shape index (κ1) is 27.0. The number of carbonyl (C=O) groups excluding carboxylic acids is 1. The molecule has 0 aliphatic rings. The van der Waals surface area contributed by atoms with Gasteiger partial charge in [0.25, 0.3) is 5.89 Å². The highest BCUT2D eigenvalue weighted by Gasteiger charge is 2.35. The summed E-state index contributed by atoms with van der Waals surface area (Å²) in [5.74, 6) is -0.0611. The molecule has 2 aromatic carbocycles. The lowest BCUT2D eigenvalue weighted by Crippen LogP contribution is -2.22. The van der Waals surface area contributed by atoms with E-state index in [1.165, 1.54) is 12.1 Å². The van der Waals surface area contributed by atoms with Gasteiger partial charge in [-0.1, -0.05) is 12.1 Å². The highest BCUT2D eigenvalue weighted by Crippen LogP contribution is 2.39. The van der Waals surface area contributed by atoms with Crippen molar-refractivity contribution in [1.29, 1.82) is 0 Å². The van der Waals surface area contributed by atoms with E-state index in [9.17, 15) is 18.0 Å². The maximum Gasteiger partial charge on any atom is 0.419 e. The molecule has 0 bridgehead atoms. The Labute approximate surface area is 207 Å². The molecule has 0 aliphatic heterocycles. The van der Waals surface area contributed by atoms with E-state index in [0.29, 0.717) is 24.3 Å². The predicted molar refractivity (Wildman–Crippen MR) is 126 cm³/mol. The molecule has 10 heteroatoms. The summed E-state index contributed by atoms with van der Waals surface area (Å²) in [5, 5.41) is 3.84. The summed E-state index contributed by atoms with van der Waals surface area (Å²) in [5.41, 5.74) is -0.185. The summed E-state index contributed by atoms with van der Waals surface area (Å²) in [6.45, 7) is 9.05. The van der Waals surface area contributed by atoms with E-state index in [1.807, 2.05) is 6.92 Å². The summed E-state index contributed by atoms with van der Waals surface area (Å²) >= 11 is 0. The topological polar surface area (TPSA) is 83.7 Å². The van der Waals surface area contributed by atoms with Gasteiger partial charge >= 0.3 is 12.1 Å². The van der Waals surface area contributed by atoms with Crippen molar-refractivity contribution in [3.63, 3.8) is 0 Å². The van der Waals surface area contributed by atoms with Crippen LogP contribution in [0, 0.1) is 5.92 Å². The van der Waals surface area contributed by atoms with Crippen LogP contribution in [-0.2, 0) is 15.7 Å². The largest absolute Gasteiger partial charge is 0.491 e. The summed E-state index contributed by atoms with van der Waals surface area (Å²) in [6, 6.07) is 10.5. The van der Waals surface area contributed by atoms with Gasteiger partial charge in [0, 0.05) is 11.1 Å². The van der Waals surface area contributed by atoms with Crippen LogP contribution >= 0.6 is 0 Å². The fraction of sp³-hybridized carbons (Fsp3) is 0.423. The summed E-state index contributed by atoms with van der Waals surface area (Å²) in [7, 11) is 0. The minimum Gasteiger partial charge on any atom is -0.491 e. The molecular weight excluding hydrogens is 477 g/mol. The quantitative estimate of drug-likeness (QED) is 0.288. The number of hydrogen-bond donors (Lipinski definition) is 0. The van der Waals surface area contributed by atoms with E-state index >= 15 is 0 Å². The van der Waals surface area contributed by atoms with Crippen LogP contribution in [0.5, 0.6) is 11.5 Å². The molecule has 0 saturated heterocycles. The molecule has 2 unspecified atom stereocenters. The molecule has 36 heavy (non-hydrogen) atoms. The molecule has 0 fully saturated rings. The maximum atomic E-state index is 13.6. The second-order valence-corrected chi connectivity index (χ2v) is 8.64. The van der Waals surface area contributed by atoms with E-state index in [1.54, 1.807) is 52.0 Å². The number of halogens is 3. The van der Waals surface area contributed by atoms with Crippen LogP contribution in [-0.4, -0.2) is 34.9 Å². The van der Waals surface area contributed by atoms with Crippen molar-refractivity contribution in [2.45, 2.75) is 59.4 Å². The van der Waals surface area contributed by atoms with Gasteiger partial charge < -0.3 is 18.7 Å². The number of carbonyl (C=O) groups is 1. The third-order valence-electron chi connectivity index (χ3n) is 5.14. The monoisotopic (exact) mass is 506 g/mol. The van der Waals surface area contributed by atoms with Gasteiger partial charge in [0.2, 0.25) is 5.82 Å². The first-order valence-corrected chi connectivity index (χ1v) is 11.6. The van der Waals surface area contributed by atoms with Gasteiger partial charge in [-0.15, -0.1) is 0 Å². The molecule has 0 N–H and O–H groups in total. The zero-order valence-electron chi connectivity index (χ0n) is 20.8. The van der Waals surface area contributed by atoms with Crippen LogP contribution in [0.3, 0.4) is 0 Å². The van der Waals surface area contributed by atoms with Crippen molar-refractivity contribution in [2.75, 3.05) is 6.61 Å². The number of hydrogen-bond acceptors (Lipinski definition) is 7. The Balaban J connectivity index is 1.72. The molecule has 0 aliphatic carbocycles. The van der Waals surface area contributed by atoms with Crippen molar-refractivity contribution in [2.24, 2.45) is 5.92 Å². The molecule has 7 nitrogen and oxygen atoms in total. The van der Waals surface area contributed by atoms with Gasteiger partial charge in [0.1, 0.15) is 11.5 Å². The minimum atomic E-state index is -4.60. The van der Waals surface area contributed by atoms with Crippen molar-refractivity contribution < 1.29 is 36.7 Å². The van der Waals surface area contributed by atoms with Gasteiger partial charge in [-0.3, -0.25) is 4.79 Å².